The lowest BCUT2D eigenvalue weighted by atomic mass is 9.99. The van der Waals surface area contributed by atoms with E-state index in [1.807, 2.05) is 0 Å². The maximum Gasteiger partial charge on any atom is 0.338 e. The Morgan fingerprint density at radius 1 is 1.33 bits per heavy atom. The highest BCUT2D eigenvalue weighted by Crippen LogP contribution is 2.40. The van der Waals surface area contributed by atoms with E-state index in [4.69, 9.17) is 18.9 Å². The molecule has 0 fully saturated rings. The van der Waals surface area contributed by atoms with Crippen molar-refractivity contribution < 1.29 is 28.5 Å². The van der Waals surface area contributed by atoms with Crippen LogP contribution in [0.5, 0.6) is 11.5 Å². The van der Waals surface area contributed by atoms with Gasteiger partial charge in [-0.3, -0.25) is 0 Å². The second-order valence-corrected chi connectivity index (χ2v) is 4.66. The number of carbonyl (C=O) groups excluding carboxylic acids is 2. The van der Waals surface area contributed by atoms with Gasteiger partial charge in [0, 0.05) is 11.1 Å². The van der Waals surface area contributed by atoms with Crippen LogP contribution in [0.4, 0.5) is 0 Å². The third-order valence-corrected chi connectivity index (χ3v) is 3.39. The zero-order valence-corrected chi connectivity index (χ0v) is 11.7. The Balaban J connectivity index is 1.97. The maximum atomic E-state index is 12.1. The number of cyclic esters (lactones) is 1. The summed E-state index contributed by atoms with van der Waals surface area (Å²) in [6, 6.07) is 5.17. The molecule has 1 atom stereocenters. The number of esters is 2. The Morgan fingerprint density at radius 3 is 2.86 bits per heavy atom. The first-order valence-electron chi connectivity index (χ1n) is 6.60. The molecule has 1 aromatic carbocycles. The molecule has 0 saturated heterocycles. The summed E-state index contributed by atoms with van der Waals surface area (Å²) in [4.78, 5) is 23.8. The molecule has 6 heteroatoms. The van der Waals surface area contributed by atoms with E-state index in [9.17, 15) is 9.59 Å². The zero-order valence-electron chi connectivity index (χ0n) is 11.7. The molecule has 0 aromatic heterocycles. The van der Waals surface area contributed by atoms with Crippen LogP contribution in [0, 0.1) is 0 Å². The van der Waals surface area contributed by atoms with Crippen LogP contribution in [-0.4, -0.2) is 25.3 Å². The molecule has 0 bridgehead atoms. The van der Waals surface area contributed by atoms with Gasteiger partial charge < -0.3 is 18.9 Å². The van der Waals surface area contributed by atoms with Gasteiger partial charge in [-0.1, -0.05) is 6.07 Å². The third kappa shape index (κ3) is 2.22. The van der Waals surface area contributed by atoms with Crippen molar-refractivity contribution in [1.82, 2.24) is 0 Å². The minimum Gasteiger partial charge on any atom is -0.463 e. The molecule has 0 N–H and O–H groups in total. The van der Waals surface area contributed by atoms with Crippen molar-refractivity contribution in [2.75, 3.05) is 13.4 Å². The summed E-state index contributed by atoms with van der Waals surface area (Å²) in [6.07, 6.45) is -0.772. The predicted octanol–water partition coefficient (Wildman–Crippen LogP) is 1.89. The molecule has 0 radical (unpaired) electrons. The van der Waals surface area contributed by atoms with Crippen molar-refractivity contribution in [3.63, 3.8) is 0 Å². The van der Waals surface area contributed by atoms with Crippen LogP contribution in [0.25, 0.3) is 0 Å². The SMILES string of the molecule is CCOC(=O)C1=C(C)C(=O)OC1c1ccc2c(c1)OCO2. The summed E-state index contributed by atoms with van der Waals surface area (Å²) < 4.78 is 20.8. The molecule has 0 saturated carbocycles. The van der Waals surface area contributed by atoms with Crippen LogP contribution >= 0.6 is 0 Å². The lowest BCUT2D eigenvalue weighted by Crippen LogP contribution is -2.13. The molecule has 3 rings (SSSR count). The molecule has 0 aliphatic carbocycles. The summed E-state index contributed by atoms with van der Waals surface area (Å²) in [7, 11) is 0. The standard InChI is InChI=1S/C15H14O6/c1-3-18-15(17)12-8(2)14(16)21-13(12)9-4-5-10-11(6-9)20-7-19-10/h4-6,13H,3,7H2,1-2H3. The molecule has 0 amide bonds. The first-order valence-corrected chi connectivity index (χ1v) is 6.60. The Kier molecular flexibility index (Phi) is 3.29. The van der Waals surface area contributed by atoms with Crippen LogP contribution in [0.2, 0.25) is 0 Å². The van der Waals surface area contributed by atoms with Crippen LogP contribution in [0.15, 0.2) is 29.3 Å². The number of carbonyl (C=O) groups is 2. The summed E-state index contributed by atoms with van der Waals surface area (Å²) in [6.45, 7) is 3.66. The average Bonchev–Trinajstić information content (AvgIpc) is 3.04. The van der Waals surface area contributed by atoms with E-state index in [1.54, 1.807) is 32.0 Å². The van der Waals surface area contributed by atoms with E-state index < -0.39 is 18.0 Å². The van der Waals surface area contributed by atoms with Crippen LogP contribution in [0.3, 0.4) is 0 Å². The normalized spacial score (nSPS) is 19.7. The lowest BCUT2D eigenvalue weighted by molar-refractivity contribution is -0.142. The lowest BCUT2D eigenvalue weighted by Gasteiger charge is -2.14. The monoisotopic (exact) mass is 290 g/mol. The van der Waals surface area contributed by atoms with Gasteiger partial charge in [0.15, 0.2) is 17.6 Å². The fourth-order valence-corrected chi connectivity index (χ4v) is 2.34. The van der Waals surface area contributed by atoms with Gasteiger partial charge in [-0.05, 0) is 26.0 Å². The summed E-state index contributed by atoms with van der Waals surface area (Å²) in [5.41, 5.74) is 1.16. The Bertz CT molecular complexity index is 646. The number of benzene rings is 1. The second-order valence-electron chi connectivity index (χ2n) is 4.66. The molecule has 6 nitrogen and oxygen atoms in total. The quantitative estimate of drug-likeness (QED) is 0.792. The molecule has 0 spiro atoms. The first kappa shape index (κ1) is 13.5. The van der Waals surface area contributed by atoms with Crippen molar-refractivity contribution in [3.05, 3.63) is 34.9 Å². The number of hydrogen-bond acceptors (Lipinski definition) is 6. The minimum absolute atomic E-state index is 0.156. The molecule has 2 heterocycles. The van der Waals surface area contributed by atoms with Gasteiger partial charge >= 0.3 is 11.9 Å². The molecular formula is C15H14O6. The number of hydrogen-bond donors (Lipinski definition) is 0. The van der Waals surface area contributed by atoms with E-state index in [-0.39, 0.29) is 24.5 Å². The number of fused-ring (bicyclic) bond motifs is 1. The number of rotatable bonds is 3. The highest BCUT2D eigenvalue weighted by molar-refractivity contribution is 6.04. The minimum atomic E-state index is -0.772. The van der Waals surface area contributed by atoms with Crippen molar-refractivity contribution >= 4 is 11.9 Å². The number of ether oxygens (including phenoxy) is 4. The molecular weight excluding hydrogens is 276 g/mol. The van der Waals surface area contributed by atoms with Crippen molar-refractivity contribution in [3.8, 4) is 11.5 Å². The molecule has 1 unspecified atom stereocenters. The van der Waals surface area contributed by atoms with Gasteiger partial charge in [-0.25, -0.2) is 9.59 Å². The molecule has 2 aliphatic heterocycles. The van der Waals surface area contributed by atoms with E-state index >= 15 is 0 Å². The summed E-state index contributed by atoms with van der Waals surface area (Å²) in [5.74, 6) is 0.141. The third-order valence-electron chi connectivity index (χ3n) is 3.39. The molecule has 1 aromatic rings. The zero-order chi connectivity index (χ0) is 15.0. The van der Waals surface area contributed by atoms with Crippen LogP contribution < -0.4 is 9.47 Å². The van der Waals surface area contributed by atoms with Crippen LogP contribution in [0.1, 0.15) is 25.5 Å². The summed E-state index contributed by atoms with van der Waals surface area (Å²) >= 11 is 0. The van der Waals surface area contributed by atoms with Gasteiger partial charge in [-0.2, -0.15) is 0 Å². The van der Waals surface area contributed by atoms with E-state index in [1.165, 1.54) is 0 Å². The van der Waals surface area contributed by atoms with Gasteiger partial charge in [0.1, 0.15) is 0 Å². The van der Waals surface area contributed by atoms with Gasteiger partial charge in [0.2, 0.25) is 6.79 Å². The van der Waals surface area contributed by atoms with E-state index in [0.717, 1.165) is 0 Å². The highest BCUT2D eigenvalue weighted by Gasteiger charge is 2.38. The van der Waals surface area contributed by atoms with Crippen molar-refractivity contribution in [2.24, 2.45) is 0 Å². The van der Waals surface area contributed by atoms with Gasteiger partial charge in [-0.15, -0.1) is 0 Å². The largest absolute Gasteiger partial charge is 0.463 e. The molecule has 2 aliphatic rings. The smallest absolute Gasteiger partial charge is 0.338 e. The summed E-state index contributed by atoms with van der Waals surface area (Å²) in [5, 5.41) is 0. The van der Waals surface area contributed by atoms with Crippen molar-refractivity contribution in [2.45, 2.75) is 20.0 Å². The first-order chi connectivity index (χ1) is 10.1. The maximum absolute atomic E-state index is 12.1. The van der Waals surface area contributed by atoms with Crippen molar-refractivity contribution in [1.29, 1.82) is 0 Å². The Labute approximate surface area is 121 Å². The molecule has 110 valence electrons. The fourth-order valence-electron chi connectivity index (χ4n) is 2.34. The second kappa shape index (κ2) is 5.12. The van der Waals surface area contributed by atoms with E-state index in [0.29, 0.717) is 17.1 Å². The topological polar surface area (TPSA) is 71.1 Å². The Hall–Kier alpha value is -2.50. The van der Waals surface area contributed by atoms with E-state index in [2.05, 4.69) is 0 Å². The Morgan fingerprint density at radius 2 is 2.10 bits per heavy atom. The fraction of sp³-hybridized carbons (Fsp3) is 0.333. The highest BCUT2D eigenvalue weighted by atomic mass is 16.7. The predicted molar refractivity (Wildman–Crippen MR) is 70.7 cm³/mol. The molecule has 21 heavy (non-hydrogen) atoms. The van der Waals surface area contributed by atoms with Gasteiger partial charge in [0.05, 0.1) is 12.2 Å². The van der Waals surface area contributed by atoms with Crippen LogP contribution in [-0.2, 0) is 19.1 Å². The average molecular weight is 290 g/mol. The van der Waals surface area contributed by atoms with Gasteiger partial charge in [0.25, 0.3) is 0 Å².